The van der Waals surface area contributed by atoms with Crippen molar-refractivity contribution in [2.45, 2.75) is 26.8 Å². The molecule has 134 valence electrons. The summed E-state index contributed by atoms with van der Waals surface area (Å²) in [4.78, 5) is 30.2. The number of carbonyl (C=O) groups excluding carboxylic acids is 1. The van der Waals surface area contributed by atoms with Crippen LogP contribution in [0.15, 0.2) is 41.8 Å². The number of nitrogens with zero attached hydrogens (tertiary/aromatic N) is 3. The zero-order chi connectivity index (χ0) is 18.8. The lowest BCUT2D eigenvalue weighted by atomic mass is 10.1. The summed E-state index contributed by atoms with van der Waals surface area (Å²) in [6, 6.07) is 5.23. The van der Waals surface area contributed by atoms with E-state index in [2.05, 4.69) is 16.9 Å². The fourth-order valence-corrected chi connectivity index (χ4v) is 3.00. The van der Waals surface area contributed by atoms with Gasteiger partial charge in [0.05, 0.1) is 6.54 Å². The second kappa shape index (κ2) is 6.95. The number of amides is 1. The van der Waals surface area contributed by atoms with Crippen LogP contribution in [0.1, 0.15) is 29.3 Å². The van der Waals surface area contributed by atoms with E-state index < -0.39 is 0 Å². The summed E-state index contributed by atoms with van der Waals surface area (Å²) in [5.74, 6) is -0.0476. The van der Waals surface area contributed by atoms with Gasteiger partial charge >= 0.3 is 0 Å². The standard InChI is InChI=1S/C19H21N5O2/c1-4-8-21-18(25)13-11-14-17(23(9-5-2)15(13)20)22-16-12(3)7-6-10-24(16)19(14)26/h4,6-7,10-11,20H,1,5,8-9H2,2-3H3,(H,21,25)/p+1. The Labute approximate surface area is 150 Å². The molecule has 0 aromatic carbocycles. The van der Waals surface area contributed by atoms with Crippen molar-refractivity contribution in [2.24, 2.45) is 0 Å². The molecule has 3 N–H and O–H groups in total. The normalized spacial score (nSPS) is 11.0. The van der Waals surface area contributed by atoms with Crippen molar-refractivity contribution in [2.75, 3.05) is 12.3 Å². The first-order valence-electron chi connectivity index (χ1n) is 8.52. The van der Waals surface area contributed by atoms with Crippen molar-refractivity contribution in [3.8, 4) is 0 Å². The first-order chi connectivity index (χ1) is 12.5. The van der Waals surface area contributed by atoms with Crippen LogP contribution >= 0.6 is 0 Å². The maximum absolute atomic E-state index is 13.0. The van der Waals surface area contributed by atoms with Crippen LogP contribution in [0.25, 0.3) is 16.7 Å². The summed E-state index contributed by atoms with van der Waals surface area (Å²) < 4.78 is 3.24. The van der Waals surface area contributed by atoms with Gasteiger partial charge in [-0.1, -0.05) is 24.1 Å². The summed E-state index contributed by atoms with van der Waals surface area (Å²) >= 11 is 0. The molecule has 3 rings (SSSR count). The van der Waals surface area contributed by atoms with Crippen molar-refractivity contribution in [1.82, 2.24) is 14.7 Å². The van der Waals surface area contributed by atoms with Gasteiger partial charge in [-0.2, -0.15) is 0 Å². The fraction of sp³-hybridized carbons (Fsp3) is 0.263. The van der Waals surface area contributed by atoms with Crippen LogP contribution in [0.3, 0.4) is 0 Å². The maximum atomic E-state index is 13.0. The Bertz CT molecular complexity index is 1080. The van der Waals surface area contributed by atoms with E-state index in [4.69, 9.17) is 5.73 Å². The molecule has 7 nitrogen and oxygen atoms in total. The van der Waals surface area contributed by atoms with Gasteiger partial charge in [-0.3, -0.25) is 14.0 Å². The smallest absolute Gasteiger partial charge is 0.278 e. The Kier molecular flexibility index (Phi) is 4.71. The Balaban J connectivity index is 2.40. The molecular formula is C19H22N5O2+. The maximum Gasteiger partial charge on any atom is 0.278 e. The van der Waals surface area contributed by atoms with Crippen molar-refractivity contribution < 1.29 is 9.36 Å². The predicted molar refractivity (Wildman–Crippen MR) is 101 cm³/mol. The summed E-state index contributed by atoms with van der Waals surface area (Å²) in [5.41, 5.74) is 8.27. The highest BCUT2D eigenvalue weighted by Gasteiger charge is 2.24. The number of hydrogen-bond donors (Lipinski definition) is 2. The molecule has 0 saturated carbocycles. The second-order valence-electron chi connectivity index (χ2n) is 6.13. The largest absolute Gasteiger partial charge is 0.348 e. The lowest BCUT2D eigenvalue weighted by molar-refractivity contribution is -0.658. The highest BCUT2D eigenvalue weighted by molar-refractivity contribution is 6.00. The van der Waals surface area contributed by atoms with E-state index in [9.17, 15) is 9.59 Å². The van der Waals surface area contributed by atoms with Gasteiger partial charge in [0.2, 0.25) is 11.5 Å². The highest BCUT2D eigenvalue weighted by Crippen LogP contribution is 2.16. The molecule has 0 spiro atoms. The number of nitrogen functional groups attached to an aromatic ring is 1. The molecule has 7 heteroatoms. The third kappa shape index (κ3) is 2.81. The number of carbonyl (C=O) groups is 1. The van der Waals surface area contributed by atoms with Gasteiger partial charge in [0.15, 0.2) is 0 Å². The number of rotatable bonds is 5. The molecule has 3 aromatic rings. The molecule has 1 amide bonds. The lowest BCUT2D eigenvalue weighted by Crippen LogP contribution is -2.42. The van der Waals surface area contributed by atoms with Crippen LogP contribution in [0.2, 0.25) is 0 Å². The number of anilines is 1. The van der Waals surface area contributed by atoms with Crippen LogP contribution in [0, 0.1) is 6.92 Å². The third-order valence-electron chi connectivity index (χ3n) is 4.27. The van der Waals surface area contributed by atoms with Gasteiger partial charge in [-0.05, 0) is 25.5 Å². The average Bonchev–Trinajstić information content (AvgIpc) is 2.63. The van der Waals surface area contributed by atoms with E-state index in [0.717, 1.165) is 12.0 Å². The molecule has 0 aliphatic heterocycles. The fourth-order valence-electron chi connectivity index (χ4n) is 3.00. The van der Waals surface area contributed by atoms with Gasteiger partial charge in [0, 0.05) is 18.3 Å². The number of nitrogens with one attached hydrogen (secondary N) is 1. The van der Waals surface area contributed by atoms with Crippen molar-refractivity contribution in [3.63, 3.8) is 0 Å². The van der Waals surface area contributed by atoms with E-state index in [1.165, 1.54) is 10.5 Å². The predicted octanol–water partition coefficient (Wildman–Crippen LogP) is 1.35. The van der Waals surface area contributed by atoms with Crippen molar-refractivity contribution in [1.29, 1.82) is 0 Å². The number of fused-ring (bicyclic) bond motifs is 2. The Morgan fingerprint density at radius 3 is 2.96 bits per heavy atom. The summed E-state index contributed by atoms with van der Waals surface area (Å²) in [6.07, 6.45) is 4.05. The molecular weight excluding hydrogens is 330 g/mol. The lowest BCUT2D eigenvalue weighted by Gasteiger charge is -2.11. The van der Waals surface area contributed by atoms with Gasteiger partial charge in [0.25, 0.3) is 17.1 Å². The summed E-state index contributed by atoms with van der Waals surface area (Å²) in [6.45, 7) is 8.36. The van der Waals surface area contributed by atoms with E-state index in [1.807, 2.05) is 19.9 Å². The minimum absolute atomic E-state index is 0.226. The average molecular weight is 352 g/mol. The number of aryl methyl sites for hydroxylation is 2. The molecule has 0 aliphatic rings. The molecule has 0 aliphatic carbocycles. The first kappa shape index (κ1) is 17.6. The van der Waals surface area contributed by atoms with E-state index in [0.29, 0.717) is 35.6 Å². The highest BCUT2D eigenvalue weighted by atomic mass is 16.1. The zero-order valence-corrected chi connectivity index (χ0v) is 15.0. The molecule has 0 unspecified atom stereocenters. The van der Waals surface area contributed by atoms with Gasteiger partial charge < -0.3 is 11.1 Å². The SMILES string of the molecule is C=CCNC(=O)c1cc2c(=O)n3cccc(C)c3nc2[n+](CCC)c1N. The molecule has 3 heterocycles. The van der Waals surface area contributed by atoms with Crippen LogP contribution in [-0.4, -0.2) is 21.8 Å². The molecule has 0 radical (unpaired) electrons. The number of aromatic nitrogens is 3. The summed E-state index contributed by atoms with van der Waals surface area (Å²) in [7, 11) is 0. The van der Waals surface area contributed by atoms with Crippen LogP contribution < -0.4 is 21.2 Å². The number of nitrogens with two attached hydrogens (primary N) is 1. The topological polar surface area (TPSA) is 93.4 Å². The zero-order valence-electron chi connectivity index (χ0n) is 15.0. The molecule has 0 atom stereocenters. The monoisotopic (exact) mass is 352 g/mol. The Morgan fingerprint density at radius 2 is 2.27 bits per heavy atom. The molecule has 0 bridgehead atoms. The number of pyridine rings is 2. The second-order valence-corrected chi connectivity index (χ2v) is 6.13. The number of hydrogen-bond acceptors (Lipinski definition) is 4. The molecule has 3 aromatic heterocycles. The quantitative estimate of drug-likeness (QED) is 0.412. The van der Waals surface area contributed by atoms with Crippen LogP contribution in [0.4, 0.5) is 5.82 Å². The van der Waals surface area contributed by atoms with E-state index in [1.54, 1.807) is 22.9 Å². The van der Waals surface area contributed by atoms with Crippen LogP contribution in [-0.2, 0) is 6.54 Å². The first-order valence-corrected chi connectivity index (χ1v) is 8.52. The minimum Gasteiger partial charge on any atom is -0.348 e. The van der Waals surface area contributed by atoms with Crippen molar-refractivity contribution in [3.05, 3.63) is 58.5 Å². The van der Waals surface area contributed by atoms with Crippen LogP contribution in [0.5, 0.6) is 0 Å². The van der Waals surface area contributed by atoms with Crippen molar-refractivity contribution >= 4 is 28.4 Å². The van der Waals surface area contributed by atoms with E-state index in [-0.39, 0.29) is 17.0 Å². The third-order valence-corrected chi connectivity index (χ3v) is 4.27. The van der Waals surface area contributed by atoms with Gasteiger partial charge in [-0.15, -0.1) is 6.58 Å². The minimum atomic E-state index is -0.345. The Morgan fingerprint density at radius 1 is 1.50 bits per heavy atom. The Hall–Kier alpha value is -3.22. The van der Waals surface area contributed by atoms with E-state index >= 15 is 0 Å². The van der Waals surface area contributed by atoms with Gasteiger partial charge in [0.1, 0.15) is 10.9 Å². The molecule has 0 saturated heterocycles. The molecule has 26 heavy (non-hydrogen) atoms. The van der Waals surface area contributed by atoms with Gasteiger partial charge in [-0.25, -0.2) is 4.57 Å². The molecule has 0 fully saturated rings. The summed E-state index contributed by atoms with van der Waals surface area (Å²) in [5, 5.41) is 3.07.